The molecule has 0 heterocycles. The third kappa shape index (κ3) is 9.13. The van der Waals surface area contributed by atoms with Gasteiger partial charge in [-0.05, 0) is 60.9 Å². The number of benzene rings is 3. The Bertz CT molecular complexity index is 1400. The lowest BCUT2D eigenvalue weighted by molar-refractivity contribution is -0.141. The highest BCUT2D eigenvalue weighted by atomic mass is 35.5. The zero-order valence-electron chi connectivity index (χ0n) is 22.3. The first-order valence-corrected chi connectivity index (χ1v) is 15.8. The smallest absolute Gasteiger partial charge is 0.243 e. The van der Waals surface area contributed by atoms with E-state index in [0.717, 1.165) is 11.8 Å². The first-order valence-electron chi connectivity index (χ1n) is 12.8. The van der Waals surface area contributed by atoms with Crippen molar-refractivity contribution >= 4 is 62.3 Å². The van der Waals surface area contributed by atoms with Crippen molar-refractivity contribution in [2.24, 2.45) is 0 Å². The summed E-state index contributed by atoms with van der Waals surface area (Å²) < 4.78 is 26.3. The Kier molecular flexibility index (Phi) is 11.7. The Morgan fingerprint density at radius 1 is 0.925 bits per heavy atom. The monoisotopic (exact) mass is 623 g/mol. The molecule has 0 bridgehead atoms. The van der Waals surface area contributed by atoms with Crippen LogP contribution in [0.2, 0.25) is 15.1 Å². The number of halogens is 3. The molecule has 11 heteroatoms. The maximum atomic E-state index is 13.8. The lowest BCUT2D eigenvalue weighted by atomic mass is 10.0. The summed E-state index contributed by atoms with van der Waals surface area (Å²) in [6.07, 6.45) is 1.65. The van der Waals surface area contributed by atoms with E-state index in [1.165, 1.54) is 9.21 Å². The minimum atomic E-state index is -3.61. The number of anilines is 1. The Balaban J connectivity index is 1.88. The van der Waals surface area contributed by atoms with Crippen LogP contribution in [0.4, 0.5) is 5.69 Å². The van der Waals surface area contributed by atoms with Crippen LogP contribution in [-0.4, -0.2) is 50.5 Å². The van der Waals surface area contributed by atoms with Gasteiger partial charge in [-0.25, -0.2) is 8.42 Å². The van der Waals surface area contributed by atoms with Crippen molar-refractivity contribution in [1.29, 1.82) is 0 Å². The fourth-order valence-corrected chi connectivity index (χ4v) is 5.85. The van der Waals surface area contributed by atoms with Crippen LogP contribution < -0.4 is 9.62 Å². The number of amides is 2. The zero-order valence-corrected chi connectivity index (χ0v) is 25.4. The summed E-state index contributed by atoms with van der Waals surface area (Å²) in [6.45, 7) is 2.37. The summed E-state index contributed by atoms with van der Waals surface area (Å²) in [6, 6.07) is 20.1. The van der Waals surface area contributed by atoms with Crippen LogP contribution >= 0.6 is 34.8 Å². The second-order valence-corrected chi connectivity index (χ2v) is 12.5. The predicted octanol–water partition coefficient (Wildman–Crippen LogP) is 5.97. The van der Waals surface area contributed by atoms with Gasteiger partial charge in [0.15, 0.2) is 0 Å². The summed E-state index contributed by atoms with van der Waals surface area (Å²) >= 11 is 18.5. The molecular formula is C29H32Cl3N3O4S. The summed E-state index contributed by atoms with van der Waals surface area (Å²) in [5, 5.41) is 4.17. The first kappa shape index (κ1) is 31.7. The van der Waals surface area contributed by atoms with E-state index in [1.807, 2.05) is 37.3 Å². The van der Waals surface area contributed by atoms with Gasteiger partial charge >= 0.3 is 0 Å². The van der Waals surface area contributed by atoms with Crippen molar-refractivity contribution in [2.45, 2.75) is 38.8 Å². The Labute approximate surface area is 251 Å². The van der Waals surface area contributed by atoms with Gasteiger partial charge < -0.3 is 10.2 Å². The highest BCUT2D eigenvalue weighted by Crippen LogP contribution is 2.25. The summed E-state index contributed by atoms with van der Waals surface area (Å²) in [7, 11) is -3.61. The molecule has 1 N–H and O–H groups in total. The van der Waals surface area contributed by atoms with E-state index >= 15 is 0 Å². The number of carbonyl (C=O) groups is 2. The van der Waals surface area contributed by atoms with Crippen LogP contribution in [0.1, 0.15) is 30.9 Å². The van der Waals surface area contributed by atoms with E-state index in [9.17, 15) is 18.0 Å². The normalized spacial score (nSPS) is 12.0. The molecule has 0 saturated carbocycles. The second-order valence-electron chi connectivity index (χ2n) is 9.27. The average Bonchev–Trinajstić information content (AvgIpc) is 2.90. The molecule has 1 atom stereocenters. The molecule has 3 rings (SSSR count). The van der Waals surface area contributed by atoms with Crippen LogP contribution in [0.5, 0.6) is 0 Å². The molecule has 1 unspecified atom stereocenters. The third-order valence-corrected chi connectivity index (χ3v) is 8.28. The topological polar surface area (TPSA) is 86.8 Å². The van der Waals surface area contributed by atoms with Crippen LogP contribution in [0.3, 0.4) is 0 Å². The van der Waals surface area contributed by atoms with Crippen LogP contribution in [0.15, 0.2) is 72.8 Å². The molecule has 0 spiro atoms. The molecule has 3 aromatic carbocycles. The standard InChI is InChI=1S/C29H32Cl3N3O4S/c1-3-33-29(37)27(18-21-8-5-4-6-9-21)34(20-22-11-12-24(31)19-26(22)32)28(36)10-7-17-35(40(2,38)39)25-15-13-23(30)14-16-25/h4-6,8-9,11-16,19,27H,3,7,10,17-18,20H2,1-2H3,(H,33,37). The number of nitrogens with one attached hydrogen (secondary N) is 1. The molecule has 0 radical (unpaired) electrons. The summed E-state index contributed by atoms with van der Waals surface area (Å²) in [5.74, 6) is -0.591. The molecule has 0 aliphatic rings. The fourth-order valence-electron chi connectivity index (χ4n) is 4.29. The van der Waals surface area contributed by atoms with Gasteiger partial charge in [0.25, 0.3) is 0 Å². The lowest BCUT2D eigenvalue weighted by Gasteiger charge is -2.32. The first-order chi connectivity index (χ1) is 19.0. The van der Waals surface area contributed by atoms with Crippen molar-refractivity contribution in [3.8, 4) is 0 Å². The quantitative estimate of drug-likeness (QED) is 0.254. The number of rotatable bonds is 13. The predicted molar refractivity (Wildman–Crippen MR) is 163 cm³/mol. The Morgan fingerprint density at radius 3 is 2.17 bits per heavy atom. The molecule has 40 heavy (non-hydrogen) atoms. The molecular weight excluding hydrogens is 593 g/mol. The van der Waals surface area contributed by atoms with Crippen LogP contribution in [-0.2, 0) is 32.6 Å². The van der Waals surface area contributed by atoms with Gasteiger partial charge in [-0.2, -0.15) is 0 Å². The van der Waals surface area contributed by atoms with Crippen molar-refractivity contribution in [3.05, 3.63) is 99.0 Å². The zero-order chi connectivity index (χ0) is 29.3. The largest absolute Gasteiger partial charge is 0.355 e. The molecule has 214 valence electrons. The Hall–Kier alpha value is -2.78. The highest BCUT2D eigenvalue weighted by molar-refractivity contribution is 7.92. The van der Waals surface area contributed by atoms with Crippen molar-refractivity contribution in [2.75, 3.05) is 23.7 Å². The molecule has 3 aromatic rings. The van der Waals surface area contributed by atoms with Crippen LogP contribution in [0.25, 0.3) is 0 Å². The average molecular weight is 625 g/mol. The highest BCUT2D eigenvalue weighted by Gasteiger charge is 2.30. The SMILES string of the molecule is CCNC(=O)C(Cc1ccccc1)N(Cc1ccc(Cl)cc1Cl)C(=O)CCCN(c1ccc(Cl)cc1)S(C)(=O)=O. The minimum absolute atomic E-state index is 0.00944. The van der Waals surface area contributed by atoms with Gasteiger partial charge in [-0.15, -0.1) is 0 Å². The van der Waals surface area contributed by atoms with Gasteiger partial charge in [-0.3, -0.25) is 13.9 Å². The number of hydrogen-bond donors (Lipinski definition) is 1. The Morgan fingerprint density at radius 2 is 1.57 bits per heavy atom. The molecule has 7 nitrogen and oxygen atoms in total. The molecule has 0 saturated heterocycles. The fraction of sp³-hybridized carbons (Fsp3) is 0.310. The number of carbonyl (C=O) groups excluding carboxylic acids is 2. The van der Waals surface area contributed by atoms with Crippen molar-refractivity contribution in [1.82, 2.24) is 10.2 Å². The van der Waals surface area contributed by atoms with E-state index in [1.54, 1.807) is 42.5 Å². The van der Waals surface area contributed by atoms with Gasteiger partial charge in [0.05, 0.1) is 11.9 Å². The van der Waals surface area contributed by atoms with Gasteiger partial charge in [-0.1, -0.05) is 71.2 Å². The molecule has 0 aliphatic carbocycles. The van der Waals surface area contributed by atoms with E-state index in [4.69, 9.17) is 34.8 Å². The van der Waals surface area contributed by atoms with E-state index < -0.39 is 16.1 Å². The molecule has 2 amide bonds. The third-order valence-electron chi connectivity index (χ3n) is 6.24. The van der Waals surface area contributed by atoms with Crippen LogP contribution in [0, 0.1) is 0 Å². The van der Waals surface area contributed by atoms with E-state index in [-0.39, 0.29) is 37.7 Å². The molecule has 0 aliphatic heterocycles. The number of nitrogens with zero attached hydrogens (tertiary/aromatic N) is 2. The maximum Gasteiger partial charge on any atom is 0.243 e. The minimum Gasteiger partial charge on any atom is -0.355 e. The number of sulfonamides is 1. The van der Waals surface area contributed by atoms with E-state index in [2.05, 4.69) is 5.32 Å². The van der Waals surface area contributed by atoms with Crippen molar-refractivity contribution < 1.29 is 18.0 Å². The second kappa shape index (κ2) is 14.7. The number of hydrogen-bond acceptors (Lipinski definition) is 4. The van der Waals surface area contributed by atoms with Gasteiger partial charge in [0.1, 0.15) is 6.04 Å². The van der Waals surface area contributed by atoms with Gasteiger partial charge in [0, 0.05) is 47.5 Å². The summed E-state index contributed by atoms with van der Waals surface area (Å²) in [5.41, 5.74) is 1.99. The maximum absolute atomic E-state index is 13.8. The van der Waals surface area contributed by atoms with Crippen molar-refractivity contribution in [3.63, 3.8) is 0 Å². The summed E-state index contributed by atoms with van der Waals surface area (Å²) in [4.78, 5) is 28.6. The number of likely N-dealkylation sites (N-methyl/N-ethyl adjacent to an activating group) is 1. The van der Waals surface area contributed by atoms with Gasteiger partial charge in [0.2, 0.25) is 21.8 Å². The lowest BCUT2D eigenvalue weighted by Crippen LogP contribution is -2.50. The molecule has 0 aromatic heterocycles. The van der Waals surface area contributed by atoms with E-state index in [0.29, 0.717) is 39.3 Å². The molecule has 0 fully saturated rings.